The first-order chi connectivity index (χ1) is 6.15. The molecule has 0 aromatic heterocycles. The molecule has 0 aromatic carbocycles. The molecular weight excluding hydrogens is 164 g/mol. The zero-order valence-corrected chi connectivity index (χ0v) is 9.05. The van der Waals surface area contributed by atoms with Gasteiger partial charge in [-0.3, -0.25) is 0 Å². The van der Waals surface area contributed by atoms with Gasteiger partial charge in [0, 0.05) is 6.04 Å². The molecule has 78 valence electrons. The van der Waals surface area contributed by atoms with E-state index in [1.54, 1.807) is 13.0 Å². The Kier molecular flexibility index (Phi) is 6.41. The minimum Gasteiger partial charge on any atom is -0.861 e. The van der Waals surface area contributed by atoms with Crippen molar-refractivity contribution in [2.75, 3.05) is 13.6 Å². The highest BCUT2D eigenvalue weighted by Gasteiger charge is 2.12. The van der Waals surface area contributed by atoms with Gasteiger partial charge in [0.05, 0.1) is 0 Å². The molecule has 2 N–H and O–H groups in total. The Labute approximate surface area is 81.2 Å². The molecule has 2 unspecified atom stereocenters. The maximum Gasteiger partial charge on any atom is 0.0285 e. The first kappa shape index (κ1) is 12.3. The lowest BCUT2D eigenvalue weighted by Crippen LogP contribution is -2.40. The van der Waals surface area contributed by atoms with Crippen molar-refractivity contribution in [3.63, 3.8) is 0 Å². The van der Waals surface area contributed by atoms with E-state index in [1.165, 1.54) is 0 Å². The van der Waals surface area contributed by atoms with E-state index in [9.17, 15) is 5.11 Å². The fourth-order valence-electron chi connectivity index (χ4n) is 1.38. The highest BCUT2D eigenvalue weighted by atomic mass is 16.3. The van der Waals surface area contributed by atoms with Crippen LogP contribution >= 0.6 is 0 Å². The SMILES string of the molecule is CC=C([O-])NC(CC)C(C)CNC. The highest BCUT2D eigenvalue weighted by molar-refractivity contribution is 4.88. The van der Waals surface area contributed by atoms with E-state index >= 15 is 0 Å². The van der Waals surface area contributed by atoms with Crippen LogP contribution in [0.15, 0.2) is 12.0 Å². The van der Waals surface area contributed by atoms with E-state index in [-0.39, 0.29) is 11.9 Å². The van der Waals surface area contributed by atoms with Gasteiger partial charge in [-0.1, -0.05) is 19.9 Å². The van der Waals surface area contributed by atoms with Gasteiger partial charge in [-0.15, -0.1) is 0 Å². The second-order valence-corrected chi connectivity index (χ2v) is 3.35. The molecule has 0 aliphatic carbocycles. The lowest BCUT2D eigenvalue weighted by Gasteiger charge is -2.28. The molecule has 0 rings (SSSR count). The molecule has 3 heteroatoms. The maximum atomic E-state index is 11.1. The Morgan fingerprint density at radius 2 is 2.15 bits per heavy atom. The fraction of sp³-hybridized carbons (Fsp3) is 0.800. The molecule has 0 radical (unpaired) electrons. The zero-order valence-electron chi connectivity index (χ0n) is 9.05. The van der Waals surface area contributed by atoms with Crippen LogP contribution in [-0.2, 0) is 0 Å². The summed E-state index contributed by atoms with van der Waals surface area (Å²) in [5.74, 6) is 0.494. The molecule has 0 bridgehead atoms. The highest BCUT2D eigenvalue weighted by Crippen LogP contribution is 2.06. The van der Waals surface area contributed by atoms with Crippen LogP contribution in [0, 0.1) is 5.92 Å². The molecule has 0 aliphatic heterocycles. The predicted molar refractivity (Wildman–Crippen MR) is 54.1 cm³/mol. The van der Waals surface area contributed by atoms with Crippen LogP contribution in [0.3, 0.4) is 0 Å². The van der Waals surface area contributed by atoms with Crippen LogP contribution < -0.4 is 15.7 Å². The number of allylic oxidation sites excluding steroid dienone is 1. The zero-order chi connectivity index (χ0) is 10.3. The molecule has 0 aromatic rings. The average molecular weight is 185 g/mol. The van der Waals surface area contributed by atoms with E-state index in [0.29, 0.717) is 5.92 Å². The van der Waals surface area contributed by atoms with Crippen molar-refractivity contribution in [1.29, 1.82) is 0 Å². The standard InChI is InChI=1S/C10H22N2O/c1-5-9(8(3)7-11-4)12-10(13)6-2/h6,8-9,11-13H,5,7H2,1-4H3/p-1. The third kappa shape index (κ3) is 4.78. The third-order valence-electron chi connectivity index (χ3n) is 2.24. The molecular formula is C10H21N2O-. The van der Waals surface area contributed by atoms with Crippen LogP contribution in [-0.4, -0.2) is 19.6 Å². The van der Waals surface area contributed by atoms with Crippen LogP contribution in [0.25, 0.3) is 0 Å². The maximum absolute atomic E-state index is 11.1. The van der Waals surface area contributed by atoms with Gasteiger partial charge in [0.1, 0.15) is 0 Å². The van der Waals surface area contributed by atoms with Gasteiger partial charge in [-0.05, 0) is 38.7 Å². The molecule has 2 atom stereocenters. The molecule has 0 saturated carbocycles. The molecule has 3 nitrogen and oxygen atoms in total. The monoisotopic (exact) mass is 185 g/mol. The lowest BCUT2D eigenvalue weighted by atomic mass is 10.00. The van der Waals surface area contributed by atoms with Crippen LogP contribution in [0.4, 0.5) is 0 Å². The van der Waals surface area contributed by atoms with Crippen molar-refractivity contribution in [3.8, 4) is 0 Å². The average Bonchev–Trinajstić information content (AvgIpc) is 2.14. The summed E-state index contributed by atoms with van der Waals surface area (Å²) in [5.41, 5.74) is 0. The van der Waals surface area contributed by atoms with E-state index in [4.69, 9.17) is 0 Å². The minimum atomic E-state index is 0.0230. The lowest BCUT2D eigenvalue weighted by molar-refractivity contribution is -0.313. The van der Waals surface area contributed by atoms with Crippen LogP contribution in [0.2, 0.25) is 0 Å². The minimum absolute atomic E-state index is 0.0230. The quantitative estimate of drug-likeness (QED) is 0.590. The number of hydrogen-bond donors (Lipinski definition) is 2. The smallest absolute Gasteiger partial charge is 0.0285 e. The van der Waals surface area contributed by atoms with Gasteiger partial charge in [-0.25, -0.2) is 0 Å². The number of hydrogen-bond acceptors (Lipinski definition) is 3. The second kappa shape index (κ2) is 6.78. The Hall–Kier alpha value is -0.700. The summed E-state index contributed by atoms with van der Waals surface area (Å²) in [5, 5.41) is 17.2. The van der Waals surface area contributed by atoms with E-state index in [1.807, 2.05) is 7.05 Å². The largest absolute Gasteiger partial charge is 0.861 e. The molecule has 0 fully saturated rings. The van der Waals surface area contributed by atoms with Gasteiger partial charge in [-0.2, -0.15) is 0 Å². The second-order valence-electron chi connectivity index (χ2n) is 3.35. The summed E-state index contributed by atoms with van der Waals surface area (Å²) in [6.07, 6.45) is 2.54. The van der Waals surface area contributed by atoms with Crippen molar-refractivity contribution >= 4 is 0 Å². The van der Waals surface area contributed by atoms with E-state index in [0.717, 1.165) is 13.0 Å². The van der Waals surface area contributed by atoms with Crippen molar-refractivity contribution in [2.45, 2.75) is 33.2 Å². The van der Waals surface area contributed by atoms with Gasteiger partial charge in [0.15, 0.2) is 0 Å². The first-order valence-corrected chi connectivity index (χ1v) is 4.90. The van der Waals surface area contributed by atoms with Crippen LogP contribution in [0.1, 0.15) is 27.2 Å². The third-order valence-corrected chi connectivity index (χ3v) is 2.24. The number of nitrogens with one attached hydrogen (secondary N) is 2. The Bertz CT molecular complexity index is 157. The predicted octanol–water partition coefficient (Wildman–Crippen LogP) is 0.432. The van der Waals surface area contributed by atoms with Crippen molar-refractivity contribution in [1.82, 2.24) is 10.6 Å². The molecule has 0 spiro atoms. The van der Waals surface area contributed by atoms with E-state index < -0.39 is 0 Å². The summed E-state index contributed by atoms with van der Waals surface area (Å²) >= 11 is 0. The Morgan fingerprint density at radius 3 is 2.54 bits per heavy atom. The molecule has 0 heterocycles. The van der Waals surface area contributed by atoms with Gasteiger partial charge < -0.3 is 15.7 Å². The summed E-state index contributed by atoms with van der Waals surface area (Å²) in [7, 11) is 1.93. The first-order valence-electron chi connectivity index (χ1n) is 4.90. The van der Waals surface area contributed by atoms with E-state index in [2.05, 4.69) is 24.5 Å². The normalized spacial score (nSPS) is 16.8. The summed E-state index contributed by atoms with van der Waals surface area (Å²) in [6.45, 7) is 6.92. The van der Waals surface area contributed by atoms with Crippen molar-refractivity contribution in [2.24, 2.45) is 5.92 Å². The van der Waals surface area contributed by atoms with Gasteiger partial charge >= 0.3 is 0 Å². The summed E-state index contributed by atoms with van der Waals surface area (Å²) in [4.78, 5) is 0. The topological polar surface area (TPSA) is 47.1 Å². The van der Waals surface area contributed by atoms with Crippen molar-refractivity contribution < 1.29 is 5.11 Å². The molecule has 0 amide bonds. The Morgan fingerprint density at radius 1 is 1.54 bits per heavy atom. The number of rotatable bonds is 6. The summed E-state index contributed by atoms with van der Waals surface area (Å²) in [6, 6.07) is 0.274. The van der Waals surface area contributed by atoms with Crippen molar-refractivity contribution in [3.05, 3.63) is 12.0 Å². The molecule has 13 heavy (non-hydrogen) atoms. The Balaban J connectivity index is 4.01. The van der Waals surface area contributed by atoms with Gasteiger partial charge in [0.25, 0.3) is 0 Å². The molecule has 0 aliphatic rings. The van der Waals surface area contributed by atoms with Crippen LogP contribution in [0.5, 0.6) is 0 Å². The van der Waals surface area contributed by atoms with Gasteiger partial charge in [0.2, 0.25) is 0 Å². The summed E-state index contributed by atoms with van der Waals surface area (Å²) < 4.78 is 0. The molecule has 0 saturated heterocycles. The fourth-order valence-corrected chi connectivity index (χ4v) is 1.38.